The van der Waals surface area contributed by atoms with E-state index in [1.807, 2.05) is 0 Å². The summed E-state index contributed by atoms with van der Waals surface area (Å²) in [5, 5.41) is 4.49. The Labute approximate surface area is 108 Å². The van der Waals surface area contributed by atoms with Gasteiger partial charge in [0.2, 0.25) is 0 Å². The van der Waals surface area contributed by atoms with Crippen molar-refractivity contribution in [2.75, 3.05) is 11.1 Å². The highest BCUT2D eigenvalue weighted by Crippen LogP contribution is 2.30. The molecule has 2 atom stereocenters. The Balaban J connectivity index is 1.72. The first kappa shape index (κ1) is 11.5. The van der Waals surface area contributed by atoms with Crippen molar-refractivity contribution in [2.45, 2.75) is 50.3 Å². The molecule has 0 aromatic heterocycles. The van der Waals surface area contributed by atoms with Crippen LogP contribution in [0.15, 0.2) is 18.2 Å². The van der Waals surface area contributed by atoms with Crippen LogP contribution in [0.3, 0.4) is 0 Å². The fourth-order valence-electron chi connectivity index (χ4n) is 2.99. The summed E-state index contributed by atoms with van der Waals surface area (Å²) in [6.45, 7) is 2.36. The number of nitrogens with one attached hydrogen (secondary N) is 1. The lowest BCUT2D eigenvalue weighted by atomic mass is 10.1. The van der Waals surface area contributed by atoms with Crippen molar-refractivity contribution >= 4 is 17.4 Å². The summed E-state index contributed by atoms with van der Waals surface area (Å²) >= 11 is 2.11. The van der Waals surface area contributed by atoms with Crippen molar-refractivity contribution in [1.29, 1.82) is 0 Å². The molecule has 17 heavy (non-hydrogen) atoms. The smallest absolute Gasteiger partial charge is 0.0377 e. The van der Waals surface area contributed by atoms with E-state index in [0.717, 1.165) is 5.25 Å². The van der Waals surface area contributed by atoms with E-state index >= 15 is 0 Å². The van der Waals surface area contributed by atoms with Crippen molar-refractivity contribution in [3.8, 4) is 0 Å². The van der Waals surface area contributed by atoms with Gasteiger partial charge in [0.15, 0.2) is 0 Å². The van der Waals surface area contributed by atoms with E-state index in [0.29, 0.717) is 6.04 Å². The molecule has 1 aromatic rings. The normalized spacial score (nSPS) is 27.8. The molecule has 1 heterocycles. The number of hydrogen-bond donors (Lipinski definition) is 1. The average Bonchev–Trinajstić information content (AvgIpc) is 2.79. The van der Waals surface area contributed by atoms with Gasteiger partial charge in [-0.1, -0.05) is 13.0 Å². The van der Waals surface area contributed by atoms with Crippen LogP contribution in [0, 0.1) is 0 Å². The molecule has 1 aliphatic heterocycles. The van der Waals surface area contributed by atoms with E-state index in [1.54, 1.807) is 11.1 Å². The molecule has 92 valence electrons. The third-order valence-electron chi connectivity index (χ3n) is 4.06. The van der Waals surface area contributed by atoms with Gasteiger partial charge in [-0.05, 0) is 61.1 Å². The summed E-state index contributed by atoms with van der Waals surface area (Å²) in [6, 6.07) is 7.64. The first-order chi connectivity index (χ1) is 8.33. The van der Waals surface area contributed by atoms with Crippen molar-refractivity contribution in [2.24, 2.45) is 0 Å². The van der Waals surface area contributed by atoms with Gasteiger partial charge in [0.1, 0.15) is 0 Å². The van der Waals surface area contributed by atoms with Crippen LogP contribution in [0.2, 0.25) is 0 Å². The number of hydrogen-bond acceptors (Lipinski definition) is 2. The summed E-state index contributed by atoms with van der Waals surface area (Å²) in [7, 11) is 0. The zero-order valence-corrected chi connectivity index (χ0v) is 11.4. The Bertz CT molecular complexity index is 402. The maximum Gasteiger partial charge on any atom is 0.0377 e. The number of fused-ring (bicyclic) bond motifs is 1. The predicted octanol–water partition coefficient (Wildman–Crippen LogP) is 3.87. The first-order valence-corrected chi connectivity index (χ1v) is 7.88. The van der Waals surface area contributed by atoms with Crippen LogP contribution in [-0.2, 0) is 12.8 Å². The molecule has 2 aliphatic rings. The van der Waals surface area contributed by atoms with Gasteiger partial charge in [0.25, 0.3) is 0 Å². The monoisotopic (exact) mass is 247 g/mol. The van der Waals surface area contributed by atoms with Gasteiger partial charge >= 0.3 is 0 Å². The van der Waals surface area contributed by atoms with Crippen LogP contribution in [0.4, 0.5) is 5.69 Å². The van der Waals surface area contributed by atoms with Crippen LogP contribution in [-0.4, -0.2) is 17.0 Å². The maximum atomic E-state index is 3.74. The Hall–Kier alpha value is -0.630. The third kappa shape index (κ3) is 2.47. The predicted molar refractivity (Wildman–Crippen MR) is 77.0 cm³/mol. The second kappa shape index (κ2) is 4.93. The van der Waals surface area contributed by atoms with Gasteiger partial charge in [0, 0.05) is 17.0 Å². The van der Waals surface area contributed by atoms with Gasteiger partial charge in [-0.25, -0.2) is 0 Å². The van der Waals surface area contributed by atoms with Crippen molar-refractivity contribution < 1.29 is 0 Å². The molecule has 0 radical (unpaired) electrons. The van der Waals surface area contributed by atoms with Crippen LogP contribution in [0.25, 0.3) is 0 Å². The molecule has 1 aromatic carbocycles. The van der Waals surface area contributed by atoms with E-state index in [2.05, 4.69) is 42.2 Å². The van der Waals surface area contributed by atoms with Crippen molar-refractivity contribution in [3.05, 3.63) is 29.3 Å². The van der Waals surface area contributed by atoms with Gasteiger partial charge in [0.05, 0.1) is 0 Å². The van der Waals surface area contributed by atoms with E-state index in [9.17, 15) is 0 Å². The second-order valence-corrected chi connectivity index (χ2v) is 6.79. The molecule has 0 bridgehead atoms. The number of aryl methyl sites for hydroxylation is 2. The van der Waals surface area contributed by atoms with Gasteiger partial charge in [-0.2, -0.15) is 11.8 Å². The van der Waals surface area contributed by atoms with Crippen LogP contribution >= 0.6 is 11.8 Å². The Morgan fingerprint density at radius 3 is 2.94 bits per heavy atom. The van der Waals surface area contributed by atoms with Crippen molar-refractivity contribution in [1.82, 2.24) is 0 Å². The molecular weight excluding hydrogens is 226 g/mol. The van der Waals surface area contributed by atoms with Crippen molar-refractivity contribution in [3.63, 3.8) is 0 Å². The minimum Gasteiger partial charge on any atom is -0.381 e. The SMILES string of the molecule is CC1SCCCC1Nc1ccc2c(c1)CCC2. The summed E-state index contributed by atoms with van der Waals surface area (Å²) in [6.07, 6.45) is 6.59. The quantitative estimate of drug-likeness (QED) is 0.851. The summed E-state index contributed by atoms with van der Waals surface area (Å²) in [5.74, 6) is 1.34. The highest BCUT2D eigenvalue weighted by Gasteiger charge is 2.21. The largest absolute Gasteiger partial charge is 0.381 e. The third-order valence-corrected chi connectivity index (χ3v) is 5.44. The summed E-state index contributed by atoms with van der Waals surface area (Å²) < 4.78 is 0. The minimum absolute atomic E-state index is 0.660. The van der Waals surface area contributed by atoms with E-state index in [1.165, 1.54) is 43.5 Å². The molecule has 1 nitrogen and oxygen atoms in total. The Kier molecular flexibility index (Phi) is 3.32. The van der Waals surface area contributed by atoms with E-state index < -0.39 is 0 Å². The van der Waals surface area contributed by atoms with Crippen LogP contribution in [0.1, 0.15) is 37.3 Å². The summed E-state index contributed by atoms with van der Waals surface area (Å²) in [4.78, 5) is 0. The standard InChI is InChI=1S/C15H21NS/c1-11-15(6-3-9-17-11)16-14-8-7-12-4-2-5-13(12)10-14/h7-8,10-11,15-16H,2-6,9H2,1H3. The zero-order valence-electron chi connectivity index (χ0n) is 10.5. The highest BCUT2D eigenvalue weighted by molar-refractivity contribution is 8.00. The van der Waals surface area contributed by atoms with E-state index in [4.69, 9.17) is 0 Å². The molecule has 1 aliphatic carbocycles. The number of anilines is 1. The zero-order chi connectivity index (χ0) is 11.7. The molecule has 1 fully saturated rings. The molecule has 3 rings (SSSR count). The Morgan fingerprint density at radius 1 is 1.18 bits per heavy atom. The number of benzene rings is 1. The first-order valence-electron chi connectivity index (χ1n) is 6.83. The lowest BCUT2D eigenvalue weighted by Crippen LogP contribution is -2.32. The maximum absolute atomic E-state index is 3.74. The highest BCUT2D eigenvalue weighted by atomic mass is 32.2. The minimum atomic E-state index is 0.660. The number of rotatable bonds is 2. The van der Waals surface area contributed by atoms with Gasteiger partial charge in [-0.3, -0.25) is 0 Å². The molecule has 2 heteroatoms. The topological polar surface area (TPSA) is 12.0 Å². The van der Waals surface area contributed by atoms with Crippen LogP contribution < -0.4 is 5.32 Å². The molecule has 0 spiro atoms. The number of thioether (sulfide) groups is 1. The summed E-state index contributed by atoms with van der Waals surface area (Å²) in [5.41, 5.74) is 4.48. The molecule has 0 saturated carbocycles. The van der Waals surface area contributed by atoms with Gasteiger partial charge in [-0.15, -0.1) is 0 Å². The lowest BCUT2D eigenvalue weighted by molar-refractivity contribution is 0.617. The van der Waals surface area contributed by atoms with Gasteiger partial charge < -0.3 is 5.32 Å². The molecule has 1 N–H and O–H groups in total. The molecule has 0 amide bonds. The fraction of sp³-hybridized carbons (Fsp3) is 0.600. The Morgan fingerprint density at radius 2 is 2.06 bits per heavy atom. The fourth-order valence-corrected chi connectivity index (χ4v) is 4.13. The lowest BCUT2D eigenvalue weighted by Gasteiger charge is -2.30. The second-order valence-electron chi connectivity index (χ2n) is 5.31. The molecular formula is C15H21NS. The molecule has 2 unspecified atom stereocenters. The molecule has 1 saturated heterocycles. The van der Waals surface area contributed by atoms with E-state index in [-0.39, 0.29) is 0 Å². The average molecular weight is 247 g/mol. The van der Waals surface area contributed by atoms with Crippen LogP contribution in [0.5, 0.6) is 0 Å².